The molecule has 3 fully saturated rings. The molecule has 6 rings (SSSR count). The normalized spacial score (nSPS) is 25.0. The lowest BCUT2D eigenvalue weighted by Crippen LogP contribution is -2.50. The number of aromatic nitrogens is 3. The number of piperidine rings is 1. The molecule has 2 aromatic heterocycles. The first-order valence-corrected chi connectivity index (χ1v) is 10.6. The maximum Gasteiger partial charge on any atom is 0.257 e. The third kappa shape index (κ3) is 2.69. The minimum atomic E-state index is -0.882. The van der Waals surface area contributed by atoms with Gasteiger partial charge in [-0.1, -0.05) is 18.2 Å². The molecule has 3 aromatic rings. The van der Waals surface area contributed by atoms with E-state index in [9.17, 15) is 13.6 Å². The Kier molecular flexibility index (Phi) is 4.05. The van der Waals surface area contributed by atoms with Gasteiger partial charge < -0.3 is 14.5 Å². The van der Waals surface area contributed by atoms with Gasteiger partial charge in [-0.2, -0.15) is 9.61 Å². The minimum absolute atomic E-state index is 0.0482. The third-order valence-electron chi connectivity index (χ3n) is 6.82. The lowest BCUT2D eigenvalue weighted by Gasteiger charge is -2.38. The predicted molar refractivity (Wildman–Crippen MR) is 107 cm³/mol. The van der Waals surface area contributed by atoms with E-state index >= 15 is 0 Å². The number of halogens is 2. The van der Waals surface area contributed by atoms with E-state index in [0.717, 1.165) is 12.0 Å². The van der Waals surface area contributed by atoms with Crippen LogP contribution in [0.25, 0.3) is 5.65 Å². The van der Waals surface area contributed by atoms with Gasteiger partial charge in [0.2, 0.25) is 0 Å². The summed E-state index contributed by atoms with van der Waals surface area (Å²) in [7, 11) is 0. The highest BCUT2D eigenvalue weighted by Gasteiger charge is 2.58. The van der Waals surface area contributed by atoms with E-state index < -0.39 is 11.4 Å². The molecule has 2 atom stereocenters. The smallest absolute Gasteiger partial charge is 0.257 e. The first kappa shape index (κ1) is 18.7. The number of ether oxygens (including phenoxy) is 1. The molecular formula is C22H21F2N5O2. The van der Waals surface area contributed by atoms with Crippen LogP contribution in [0.3, 0.4) is 0 Å². The lowest BCUT2D eigenvalue weighted by atomic mass is 9.89. The van der Waals surface area contributed by atoms with E-state index in [0.29, 0.717) is 44.3 Å². The highest BCUT2D eigenvalue weighted by atomic mass is 19.1. The van der Waals surface area contributed by atoms with Gasteiger partial charge in [0, 0.05) is 37.7 Å². The Morgan fingerprint density at radius 3 is 2.68 bits per heavy atom. The van der Waals surface area contributed by atoms with Crippen LogP contribution in [-0.4, -0.2) is 50.3 Å². The van der Waals surface area contributed by atoms with Crippen LogP contribution in [0.4, 0.5) is 14.6 Å². The standard InChI is InChI=1S/C22H21F2N5O2/c23-15-4-2-1-3-14(15)17-5-6-19-28(17)21(30)22(31-19)8-11-27(12-9-22)18-7-10-25-20-16(24)13-26-29(18)20/h1-4,7,10,13,17,19H,5-6,8-9,11-12H2. The van der Waals surface area contributed by atoms with E-state index in [1.54, 1.807) is 35.4 Å². The van der Waals surface area contributed by atoms with Crippen molar-refractivity contribution in [1.82, 2.24) is 19.5 Å². The highest BCUT2D eigenvalue weighted by Crippen LogP contribution is 2.48. The van der Waals surface area contributed by atoms with Crippen molar-refractivity contribution in [3.05, 3.63) is 59.9 Å². The van der Waals surface area contributed by atoms with Crippen molar-refractivity contribution >= 4 is 17.4 Å². The maximum atomic E-state index is 14.4. The molecule has 160 valence electrons. The van der Waals surface area contributed by atoms with E-state index in [2.05, 4.69) is 15.0 Å². The summed E-state index contributed by atoms with van der Waals surface area (Å²) in [4.78, 5) is 21.4. The molecule has 0 saturated carbocycles. The minimum Gasteiger partial charge on any atom is -0.356 e. The van der Waals surface area contributed by atoms with Gasteiger partial charge in [0.1, 0.15) is 17.9 Å². The van der Waals surface area contributed by atoms with Crippen LogP contribution in [0.5, 0.6) is 0 Å². The summed E-state index contributed by atoms with van der Waals surface area (Å²) in [5.41, 5.74) is -0.150. The molecule has 1 spiro atoms. The van der Waals surface area contributed by atoms with E-state index in [1.807, 2.05) is 0 Å². The number of carbonyl (C=O) groups excluding carboxylic acids is 1. The molecule has 0 bridgehead atoms. The predicted octanol–water partition coefficient (Wildman–Crippen LogP) is 3.07. The molecule has 5 heterocycles. The second kappa shape index (κ2) is 6.71. The van der Waals surface area contributed by atoms with Crippen molar-refractivity contribution in [2.24, 2.45) is 0 Å². The fourth-order valence-electron chi connectivity index (χ4n) is 5.28. The number of carbonyl (C=O) groups is 1. The summed E-state index contributed by atoms with van der Waals surface area (Å²) in [5, 5.41) is 4.09. The quantitative estimate of drug-likeness (QED) is 0.632. The molecule has 1 amide bonds. The van der Waals surface area contributed by atoms with Crippen molar-refractivity contribution in [3.63, 3.8) is 0 Å². The molecule has 9 heteroatoms. The van der Waals surface area contributed by atoms with Gasteiger partial charge in [0.15, 0.2) is 17.1 Å². The van der Waals surface area contributed by atoms with Crippen LogP contribution in [0, 0.1) is 11.6 Å². The summed E-state index contributed by atoms with van der Waals surface area (Å²) >= 11 is 0. The number of benzene rings is 1. The highest BCUT2D eigenvalue weighted by molar-refractivity contribution is 5.88. The number of amides is 1. The average molecular weight is 425 g/mol. The number of hydrogen-bond acceptors (Lipinski definition) is 5. The molecule has 0 aliphatic carbocycles. The van der Waals surface area contributed by atoms with Crippen LogP contribution in [-0.2, 0) is 9.53 Å². The Balaban J connectivity index is 1.24. The van der Waals surface area contributed by atoms with E-state index in [1.165, 1.54) is 10.6 Å². The fourth-order valence-corrected chi connectivity index (χ4v) is 5.28. The summed E-state index contributed by atoms with van der Waals surface area (Å²) in [6.45, 7) is 1.13. The molecule has 3 aliphatic heterocycles. The van der Waals surface area contributed by atoms with Gasteiger partial charge >= 0.3 is 0 Å². The third-order valence-corrected chi connectivity index (χ3v) is 6.82. The van der Waals surface area contributed by atoms with Gasteiger partial charge in [0.25, 0.3) is 5.91 Å². The number of anilines is 1. The summed E-state index contributed by atoms with van der Waals surface area (Å²) in [6.07, 6.45) is 4.82. The van der Waals surface area contributed by atoms with Crippen LogP contribution in [0.1, 0.15) is 37.3 Å². The fraction of sp³-hybridized carbons (Fsp3) is 0.409. The molecule has 2 unspecified atom stereocenters. The van der Waals surface area contributed by atoms with Gasteiger partial charge in [-0.25, -0.2) is 13.8 Å². The Morgan fingerprint density at radius 2 is 1.87 bits per heavy atom. The van der Waals surface area contributed by atoms with Crippen molar-refractivity contribution < 1.29 is 18.3 Å². The SMILES string of the molecule is O=C1N2C(CCC2c2ccccc2F)OC12CCN(c1ccnc3c(F)cnn13)CC2. The zero-order valence-corrected chi connectivity index (χ0v) is 16.7. The summed E-state index contributed by atoms with van der Waals surface area (Å²) in [6, 6.07) is 8.15. The number of nitrogens with zero attached hydrogens (tertiary/aromatic N) is 5. The Hall–Kier alpha value is -3.07. The first-order valence-electron chi connectivity index (χ1n) is 10.6. The maximum absolute atomic E-state index is 14.4. The first-order chi connectivity index (χ1) is 15.1. The molecular weight excluding hydrogens is 404 g/mol. The molecule has 1 aromatic carbocycles. The van der Waals surface area contributed by atoms with Crippen molar-refractivity contribution in [1.29, 1.82) is 0 Å². The van der Waals surface area contributed by atoms with E-state index in [4.69, 9.17) is 4.74 Å². The lowest BCUT2D eigenvalue weighted by molar-refractivity contribution is -0.140. The second-order valence-electron chi connectivity index (χ2n) is 8.41. The van der Waals surface area contributed by atoms with E-state index in [-0.39, 0.29) is 29.6 Å². The molecule has 3 saturated heterocycles. The van der Waals surface area contributed by atoms with Gasteiger partial charge in [-0.15, -0.1) is 0 Å². The van der Waals surface area contributed by atoms with Crippen molar-refractivity contribution in [3.8, 4) is 0 Å². The topological polar surface area (TPSA) is 63.0 Å². The molecule has 0 N–H and O–H groups in total. The van der Waals surface area contributed by atoms with Crippen molar-refractivity contribution in [2.45, 2.75) is 43.6 Å². The zero-order valence-electron chi connectivity index (χ0n) is 16.7. The van der Waals surface area contributed by atoms with Crippen LogP contribution in [0.2, 0.25) is 0 Å². The second-order valence-corrected chi connectivity index (χ2v) is 8.41. The summed E-state index contributed by atoms with van der Waals surface area (Å²) in [5.74, 6) is -0.0684. The molecule has 3 aliphatic rings. The largest absolute Gasteiger partial charge is 0.356 e. The van der Waals surface area contributed by atoms with Crippen LogP contribution >= 0.6 is 0 Å². The monoisotopic (exact) mass is 425 g/mol. The number of fused-ring (bicyclic) bond motifs is 2. The number of rotatable bonds is 2. The van der Waals surface area contributed by atoms with Gasteiger partial charge in [-0.05, 0) is 25.0 Å². The van der Waals surface area contributed by atoms with Gasteiger partial charge in [0.05, 0.1) is 12.2 Å². The Morgan fingerprint density at radius 1 is 1.06 bits per heavy atom. The Labute approximate surface area is 177 Å². The molecule has 31 heavy (non-hydrogen) atoms. The van der Waals surface area contributed by atoms with Crippen molar-refractivity contribution in [2.75, 3.05) is 18.0 Å². The van der Waals surface area contributed by atoms with Crippen LogP contribution < -0.4 is 4.90 Å². The zero-order chi connectivity index (χ0) is 21.2. The molecule has 0 radical (unpaired) electrons. The molecule has 7 nitrogen and oxygen atoms in total. The van der Waals surface area contributed by atoms with Crippen LogP contribution in [0.15, 0.2) is 42.7 Å². The Bertz CT molecular complexity index is 1170. The summed E-state index contributed by atoms with van der Waals surface area (Å²) < 4.78 is 36.1. The average Bonchev–Trinajstić information content (AvgIpc) is 3.44. The van der Waals surface area contributed by atoms with Gasteiger partial charge in [-0.3, -0.25) is 4.79 Å². The number of hydrogen-bond donors (Lipinski definition) is 0.